The van der Waals surface area contributed by atoms with Crippen LogP contribution in [0.2, 0.25) is 0 Å². The van der Waals surface area contributed by atoms with Crippen LogP contribution in [-0.4, -0.2) is 48.5 Å². The molecule has 4 aliphatic rings. The van der Waals surface area contributed by atoms with Crippen molar-refractivity contribution in [3.05, 3.63) is 58.7 Å². The highest BCUT2D eigenvalue weighted by atomic mass is 16.5. The molecule has 1 N–H and O–H groups in total. The van der Waals surface area contributed by atoms with Gasteiger partial charge in [-0.3, -0.25) is 9.59 Å². The Morgan fingerprint density at radius 2 is 1.61 bits per heavy atom. The number of methoxy groups -OCH3 is 1. The van der Waals surface area contributed by atoms with E-state index in [-0.39, 0.29) is 11.8 Å². The van der Waals surface area contributed by atoms with E-state index < -0.39 is 0 Å². The maximum absolute atomic E-state index is 14.0. The van der Waals surface area contributed by atoms with Gasteiger partial charge < -0.3 is 19.5 Å². The Kier molecular flexibility index (Phi) is 10.9. The maximum Gasteiger partial charge on any atom is 0.251 e. The molecule has 3 fully saturated rings. The van der Waals surface area contributed by atoms with Gasteiger partial charge in [0.2, 0.25) is 0 Å². The normalized spacial score (nSPS) is 17.9. The molecule has 6 nitrogen and oxygen atoms in total. The van der Waals surface area contributed by atoms with E-state index in [2.05, 4.69) is 60.4 Å². The number of nitrogens with one attached hydrogen (secondary N) is 1. The lowest BCUT2D eigenvalue weighted by atomic mass is 9.81. The van der Waals surface area contributed by atoms with Crippen LogP contribution in [0.25, 0.3) is 28.2 Å². The Labute approximate surface area is 275 Å². The molecule has 0 spiro atoms. The molecule has 3 heterocycles. The summed E-state index contributed by atoms with van der Waals surface area (Å²) in [6.07, 6.45) is 17.8. The molecule has 1 aromatic heterocycles. The summed E-state index contributed by atoms with van der Waals surface area (Å²) in [5.41, 5.74) is 7.17. The van der Waals surface area contributed by atoms with Crippen molar-refractivity contribution >= 4 is 28.8 Å². The zero-order valence-electron chi connectivity index (χ0n) is 28.5. The largest absolute Gasteiger partial charge is 0.497 e. The zero-order chi connectivity index (χ0) is 32.8. The van der Waals surface area contributed by atoms with Crippen molar-refractivity contribution in [1.29, 1.82) is 0 Å². The van der Waals surface area contributed by atoms with Gasteiger partial charge in [0.05, 0.1) is 19.3 Å². The fourth-order valence-corrected chi connectivity index (χ4v) is 7.04. The van der Waals surface area contributed by atoms with Gasteiger partial charge >= 0.3 is 0 Å². The van der Waals surface area contributed by atoms with E-state index in [0.29, 0.717) is 23.9 Å². The number of amides is 2. The zero-order valence-corrected chi connectivity index (χ0v) is 28.5. The van der Waals surface area contributed by atoms with Gasteiger partial charge in [0, 0.05) is 47.7 Å². The van der Waals surface area contributed by atoms with Crippen LogP contribution in [0, 0.1) is 24.2 Å². The van der Waals surface area contributed by atoms with Crippen LogP contribution in [0.5, 0.6) is 5.75 Å². The van der Waals surface area contributed by atoms with E-state index in [0.717, 1.165) is 59.8 Å². The van der Waals surface area contributed by atoms with Crippen molar-refractivity contribution in [1.82, 2.24) is 14.8 Å². The van der Waals surface area contributed by atoms with Crippen LogP contribution in [0.3, 0.4) is 0 Å². The van der Waals surface area contributed by atoms with Crippen LogP contribution in [0.1, 0.15) is 106 Å². The lowest BCUT2D eigenvalue weighted by Gasteiger charge is -2.31. The van der Waals surface area contributed by atoms with Gasteiger partial charge in [-0.1, -0.05) is 52.0 Å². The predicted molar refractivity (Wildman–Crippen MR) is 189 cm³/mol. The molecule has 2 saturated carbocycles. The number of hydrogen-bond acceptors (Lipinski definition) is 3. The molecule has 0 unspecified atom stereocenters. The van der Waals surface area contributed by atoms with Gasteiger partial charge in [0.1, 0.15) is 5.75 Å². The molecule has 0 atom stereocenters. The number of hydrogen-bond donors (Lipinski definition) is 1. The summed E-state index contributed by atoms with van der Waals surface area (Å²) in [6, 6.07) is 12.3. The lowest BCUT2D eigenvalue weighted by molar-refractivity contribution is -0.128. The monoisotopic (exact) mass is 621 g/mol. The first-order valence-electron chi connectivity index (χ1n) is 17.2. The van der Waals surface area contributed by atoms with Crippen molar-refractivity contribution in [3.63, 3.8) is 0 Å². The minimum atomic E-state index is -0.0975. The number of likely N-dealkylation sites (tertiary alicyclic amines) is 1. The van der Waals surface area contributed by atoms with Crippen LogP contribution in [0.15, 0.2) is 42.0 Å². The summed E-state index contributed by atoms with van der Waals surface area (Å²) >= 11 is 0. The second-order valence-electron chi connectivity index (χ2n) is 13.6. The predicted octanol–water partition coefficient (Wildman–Crippen LogP) is 8.44. The molecular weight excluding hydrogens is 570 g/mol. The smallest absolute Gasteiger partial charge is 0.251 e. The van der Waals surface area contributed by atoms with E-state index in [1.54, 1.807) is 21.1 Å². The number of carbonyl (C=O) groups is 2. The number of rotatable bonds is 4. The molecule has 1 saturated heterocycles. The number of benzene rings is 2. The standard InChI is InChI=1S/C33H39N3O3.C4H8.C3H4/c1-21-13-15-35(16-14-21)33(38)25-17-24-18-26(39-3)10-12-27(24)31-30(22-7-5-4-6-8-22)28-11-9-23(32(37)34-2)19-29(28)36(31)20-25;1-4-2-3-4;1-3-2/h9-12,17-19,21-22H,4-8,13-16,20H2,1-3H3,(H,34,37);4H,2-3H2,1H3;1H,2H3. The number of carbonyl (C=O) groups excluding carboxylic acids is 2. The molecular formula is C40H51N3O3. The van der Waals surface area contributed by atoms with Crippen molar-refractivity contribution in [2.24, 2.45) is 11.8 Å². The third kappa shape index (κ3) is 7.35. The molecule has 6 heteroatoms. The molecule has 7 rings (SSSR count). The molecule has 2 aliphatic heterocycles. The van der Waals surface area contributed by atoms with Crippen molar-refractivity contribution < 1.29 is 14.3 Å². The first kappa shape index (κ1) is 33.4. The summed E-state index contributed by atoms with van der Waals surface area (Å²) in [5, 5.41) is 3.98. The molecule has 3 aromatic rings. The molecule has 2 aliphatic carbocycles. The second-order valence-corrected chi connectivity index (χ2v) is 13.6. The number of fused-ring (bicyclic) bond motifs is 5. The number of terminal acetylenes is 1. The molecule has 0 radical (unpaired) electrons. The third-order valence-electron chi connectivity index (χ3n) is 9.99. The van der Waals surface area contributed by atoms with E-state index in [1.165, 1.54) is 61.6 Å². The minimum absolute atomic E-state index is 0.0975. The van der Waals surface area contributed by atoms with Crippen LogP contribution in [-0.2, 0) is 11.3 Å². The van der Waals surface area contributed by atoms with Crippen LogP contribution < -0.4 is 10.1 Å². The lowest BCUT2D eigenvalue weighted by Crippen LogP contribution is -2.39. The van der Waals surface area contributed by atoms with Gasteiger partial charge in [-0.2, -0.15) is 0 Å². The molecule has 46 heavy (non-hydrogen) atoms. The number of ether oxygens (including phenoxy) is 1. The fourth-order valence-electron chi connectivity index (χ4n) is 7.04. The Morgan fingerprint density at radius 1 is 0.935 bits per heavy atom. The van der Waals surface area contributed by atoms with E-state index in [4.69, 9.17) is 4.74 Å². The summed E-state index contributed by atoms with van der Waals surface area (Å²) in [5.74, 6) is 5.25. The Bertz CT molecular complexity index is 1620. The van der Waals surface area contributed by atoms with Gasteiger partial charge in [0.15, 0.2) is 0 Å². The summed E-state index contributed by atoms with van der Waals surface area (Å²) in [7, 11) is 3.36. The molecule has 2 amide bonds. The quantitative estimate of drug-likeness (QED) is 0.298. The van der Waals surface area contributed by atoms with Crippen LogP contribution >= 0.6 is 0 Å². The maximum atomic E-state index is 14.0. The fraction of sp³-hybridized carbons (Fsp3) is 0.500. The summed E-state index contributed by atoms with van der Waals surface area (Å²) in [4.78, 5) is 28.7. The SMILES string of the molecule is C#CC.CC1CC1.CNC(=O)c1ccc2c(C3CCCCC3)c3n(c2c1)CC(C(=O)N1CCC(C)CC1)=Cc1cc(OC)ccc1-3. The highest BCUT2D eigenvalue weighted by Gasteiger charge is 2.32. The number of aromatic nitrogens is 1. The topological polar surface area (TPSA) is 63.6 Å². The summed E-state index contributed by atoms with van der Waals surface area (Å²) in [6.45, 7) is 8.29. The van der Waals surface area contributed by atoms with Gasteiger partial charge in [0.25, 0.3) is 11.8 Å². The van der Waals surface area contributed by atoms with Gasteiger partial charge in [-0.15, -0.1) is 12.3 Å². The minimum Gasteiger partial charge on any atom is -0.497 e. The third-order valence-corrected chi connectivity index (χ3v) is 9.99. The first-order chi connectivity index (χ1) is 22.3. The van der Waals surface area contributed by atoms with Crippen molar-refractivity contribution in [2.75, 3.05) is 27.2 Å². The van der Waals surface area contributed by atoms with Gasteiger partial charge in [-0.25, -0.2) is 0 Å². The summed E-state index contributed by atoms with van der Waals surface area (Å²) < 4.78 is 7.94. The Balaban J connectivity index is 0.000000536. The van der Waals surface area contributed by atoms with E-state index in [9.17, 15) is 9.59 Å². The first-order valence-corrected chi connectivity index (χ1v) is 17.2. The Hall–Kier alpha value is -3.98. The highest BCUT2D eigenvalue weighted by Crippen LogP contribution is 2.47. The van der Waals surface area contributed by atoms with Crippen LogP contribution in [0.4, 0.5) is 0 Å². The molecule has 0 bridgehead atoms. The molecule has 244 valence electrons. The van der Waals surface area contributed by atoms with E-state index in [1.807, 2.05) is 23.1 Å². The highest BCUT2D eigenvalue weighted by molar-refractivity contribution is 6.04. The second kappa shape index (κ2) is 15.1. The number of piperidine rings is 1. The average molecular weight is 622 g/mol. The van der Waals surface area contributed by atoms with E-state index >= 15 is 0 Å². The van der Waals surface area contributed by atoms with Gasteiger partial charge in [-0.05, 0) is 97.9 Å². The van der Waals surface area contributed by atoms with Crippen molar-refractivity contribution in [2.45, 2.75) is 91.0 Å². The van der Waals surface area contributed by atoms with Crippen molar-refractivity contribution in [3.8, 4) is 29.4 Å². The average Bonchev–Trinajstić information content (AvgIpc) is 3.84. The number of nitrogens with zero attached hydrogens (tertiary/aromatic N) is 2. The Morgan fingerprint density at radius 3 is 2.22 bits per heavy atom. The molecule has 2 aromatic carbocycles.